The zero-order valence-electron chi connectivity index (χ0n) is 10.6. The van der Waals surface area contributed by atoms with Crippen molar-refractivity contribution in [1.82, 2.24) is 4.98 Å². The lowest BCUT2D eigenvalue weighted by molar-refractivity contribution is 0.0825. The largest absolute Gasteiger partial charge is 0.293 e. The molecule has 92 valence electrons. The lowest BCUT2D eigenvalue weighted by Gasteiger charge is -2.22. The molecule has 1 aromatic carbocycles. The van der Waals surface area contributed by atoms with Gasteiger partial charge in [-0.25, -0.2) is 0 Å². The molecule has 2 nitrogen and oxygen atoms in total. The van der Waals surface area contributed by atoms with Crippen LogP contribution in [0.5, 0.6) is 0 Å². The molecule has 0 radical (unpaired) electrons. The Morgan fingerprint density at radius 1 is 1.17 bits per heavy atom. The van der Waals surface area contributed by atoms with Gasteiger partial charge < -0.3 is 0 Å². The van der Waals surface area contributed by atoms with Crippen LogP contribution in [0.25, 0.3) is 10.9 Å². The summed E-state index contributed by atoms with van der Waals surface area (Å²) in [4.78, 5) is 17.1. The minimum atomic E-state index is -0.175. The number of pyridine rings is 1. The molecule has 0 atom stereocenters. The zero-order valence-corrected chi connectivity index (χ0v) is 10.6. The molecule has 2 heteroatoms. The van der Waals surface area contributed by atoms with Gasteiger partial charge in [0.2, 0.25) is 0 Å². The van der Waals surface area contributed by atoms with Crippen molar-refractivity contribution in [2.75, 3.05) is 0 Å². The van der Waals surface area contributed by atoms with Gasteiger partial charge in [-0.15, -0.1) is 0 Å². The van der Waals surface area contributed by atoms with Crippen molar-refractivity contribution in [3.8, 4) is 0 Å². The molecule has 1 saturated carbocycles. The maximum atomic E-state index is 12.7. The maximum Gasteiger partial charge on any atom is 0.170 e. The van der Waals surface area contributed by atoms with Crippen LogP contribution in [-0.4, -0.2) is 10.8 Å². The van der Waals surface area contributed by atoms with Crippen LogP contribution in [0.1, 0.15) is 43.0 Å². The van der Waals surface area contributed by atoms with Gasteiger partial charge in [-0.05, 0) is 25.0 Å². The van der Waals surface area contributed by atoms with E-state index in [1.807, 2.05) is 30.3 Å². The monoisotopic (exact) mass is 239 g/mol. The maximum absolute atomic E-state index is 12.7. The SMILES string of the molecule is CC1(C(=O)c2cccc3cccnc23)CCCC1. The fourth-order valence-corrected chi connectivity index (χ4v) is 2.99. The van der Waals surface area contributed by atoms with Crippen LogP contribution in [-0.2, 0) is 0 Å². The van der Waals surface area contributed by atoms with Crippen LogP contribution in [0.3, 0.4) is 0 Å². The first-order valence-electron chi connectivity index (χ1n) is 6.59. The summed E-state index contributed by atoms with van der Waals surface area (Å²) in [7, 11) is 0. The predicted molar refractivity (Wildman–Crippen MR) is 72.6 cm³/mol. The van der Waals surface area contributed by atoms with Crippen LogP contribution in [0.4, 0.5) is 0 Å². The molecule has 0 aliphatic heterocycles. The number of fused-ring (bicyclic) bond motifs is 1. The highest BCUT2D eigenvalue weighted by Crippen LogP contribution is 2.41. The number of ketones is 1. The third kappa shape index (κ3) is 1.72. The average Bonchev–Trinajstić information content (AvgIpc) is 2.85. The molecule has 3 rings (SSSR count). The molecule has 1 heterocycles. The fourth-order valence-electron chi connectivity index (χ4n) is 2.99. The first kappa shape index (κ1) is 11.4. The zero-order chi connectivity index (χ0) is 12.6. The van der Waals surface area contributed by atoms with Crippen molar-refractivity contribution in [3.63, 3.8) is 0 Å². The number of carbonyl (C=O) groups excluding carboxylic acids is 1. The van der Waals surface area contributed by atoms with E-state index in [0.717, 1.165) is 29.3 Å². The van der Waals surface area contributed by atoms with E-state index in [1.54, 1.807) is 6.20 Å². The van der Waals surface area contributed by atoms with Crippen LogP contribution in [0.2, 0.25) is 0 Å². The Kier molecular flexibility index (Phi) is 2.66. The summed E-state index contributed by atoms with van der Waals surface area (Å²) in [5, 5.41) is 1.05. The van der Waals surface area contributed by atoms with E-state index in [4.69, 9.17) is 0 Å². The number of hydrogen-bond donors (Lipinski definition) is 0. The van der Waals surface area contributed by atoms with E-state index in [-0.39, 0.29) is 11.2 Å². The molecule has 1 aliphatic rings. The molecule has 0 bridgehead atoms. The first-order valence-corrected chi connectivity index (χ1v) is 6.59. The van der Waals surface area contributed by atoms with Crippen molar-refractivity contribution < 1.29 is 4.79 Å². The Bertz CT molecular complexity index is 592. The molecular formula is C16H17NO. The summed E-state index contributed by atoms with van der Waals surface area (Å²) >= 11 is 0. The second-order valence-electron chi connectivity index (χ2n) is 5.48. The number of para-hydroxylation sites is 1. The molecule has 0 unspecified atom stereocenters. The lowest BCUT2D eigenvalue weighted by atomic mass is 9.80. The Morgan fingerprint density at radius 3 is 2.67 bits per heavy atom. The number of aromatic nitrogens is 1. The van der Waals surface area contributed by atoms with E-state index in [9.17, 15) is 4.79 Å². The summed E-state index contributed by atoms with van der Waals surface area (Å²) in [5.41, 5.74) is 1.46. The van der Waals surface area contributed by atoms with Crippen molar-refractivity contribution in [3.05, 3.63) is 42.1 Å². The van der Waals surface area contributed by atoms with Gasteiger partial charge in [0, 0.05) is 22.6 Å². The topological polar surface area (TPSA) is 30.0 Å². The minimum Gasteiger partial charge on any atom is -0.293 e. The van der Waals surface area contributed by atoms with Gasteiger partial charge in [0.15, 0.2) is 5.78 Å². The fraction of sp³-hybridized carbons (Fsp3) is 0.375. The second-order valence-corrected chi connectivity index (χ2v) is 5.48. The third-order valence-corrected chi connectivity index (χ3v) is 4.13. The van der Waals surface area contributed by atoms with E-state index in [0.29, 0.717) is 0 Å². The lowest BCUT2D eigenvalue weighted by Crippen LogP contribution is -2.24. The van der Waals surface area contributed by atoms with E-state index >= 15 is 0 Å². The van der Waals surface area contributed by atoms with E-state index in [1.165, 1.54) is 12.8 Å². The van der Waals surface area contributed by atoms with Gasteiger partial charge in [0.1, 0.15) is 0 Å². The van der Waals surface area contributed by atoms with E-state index < -0.39 is 0 Å². The summed E-state index contributed by atoms with van der Waals surface area (Å²) in [5.74, 6) is 0.268. The number of benzene rings is 1. The quantitative estimate of drug-likeness (QED) is 0.741. The van der Waals surface area contributed by atoms with Crippen LogP contribution < -0.4 is 0 Å². The summed E-state index contributed by atoms with van der Waals surface area (Å²) in [6.07, 6.45) is 6.11. The highest BCUT2D eigenvalue weighted by atomic mass is 16.1. The smallest absolute Gasteiger partial charge is 0.170 e. The molecule has 0 N–H and O–H groups in total. The van der Waals surface area contributed by atoms with Gasteiger partial charge in [-0.1, -0.05) is 38.0 Å². The van der Waals surface area contributed by atoms with Gasteiger partial charge in [0.05, 0.1) is 5.52 Å². The normalized spacial score (nSPS) is 18.1. The van der Waals surface area contributed by atoms with Gasteiger partial charge in [0.25, 0.3) is 0 Å². The van der Waals surface area contributed by atoms with Crippen molar-refractivity contribution in [1.29, 1.82) is 0 Å². The first-order chi connectivity index (χ1) is 8.71. The molecule has 0 saturated heterocycles. The highest BCUT2D eigenvalue weighted by Gasteiger charge is 2.37. The Morgan fingerprint density at radius 2 is 1.89 bits per heavy atom. The second kappa shape index (κ2) is 4.20. The number of hydrogen-bond acceptors (Lipinski definition) is 2. The highest BCUT2D eigenvalue weighted by molar-refractivity contribution is 6.09. The van der Waals surface area contributed by atoms with Crippen LogP contribution >= 0.6 is 0 Å². The number of rotatable bonds is 2. The van der Waals surface area contributed by atoms with Crippen molar-refractivity contribution in [2.24, 2.45) is 5.41 Å². The van der Waals surface area contributed by atoms with Gasteiger partial charge >= 0.3 is 0 Å². The van der Waals surface area contributed by atoms with Crippen molar-refractivity contribution >= 4 is 16.7 Å². The molecule has 1 aromatic heterocycles. The molecule has 18 heavy (non-hydrogen) atoms. The van der Waals surface area contributed by atoms with Gasteiger partial charge in [-0.2, -0.15) is 0 Å². The Balaban J connectivity index is 2.12. The number of nitrogens with zero attached hydrogens (tertiary/aromatic N) is 1. The van der Waals surface area contributed by atoms with Crippen molar-refractivity contribution in [2.45, 2.75) is 32.6 Å². The molecule has 0 amide bonds. The molecular weight excluding hydrogens is 222 g/mol. The molecule has 0 spiro atoms. The summed E-state index contributed by atoms with van der Waals surface area (Å²) < 4.78 is 0. The third-order valence-electron chi connectivity index (χ3n) is 4.13. The number of carbonyl (C=O) groups is 1. The van der Waals surface area contributed by atoms with E-state index in [2.05, 4.69) is 11.9 Å². The average molecular weight is 239 g/mol. The Labute approximate surface area is 107 Å². The molecule has 2 aromatic rings. The molecule has 1 fully saturated rings. The molecule has 1 aliphatic carbocycles. The van der Waals surface area contributed by atoms with Gasteiger partial charge in [-0.3, -0.25) is 9.78 Å². The summed E-state index contributed by atoms with van der Waals surface area (Å²) in [6, 6.07) is 9.80. The predicted octanol–water partition coefficient (Wildman–Crippen LogP) is 4.00. The Hall–Kier alpha value is -1.70. The van der Waals surface area contributed by atoms with Crippen LogP contribution in [0, 0.1) is 5.41 Å². The van der Waals surface area contributed by atoms with Crippen LogP contribution in [0.15, 0.2) is 36.5 Å². The number of Topliss-reactive ketones (excluding diaryl/α,β-unsaturated/α-hetero) is 1. The minimum absolute atomic E-state index is 0.175. The standard InChI is InChI=1S/C16H17NO/c1-16(9-2-3-10-16)15(18)13-8-4-6-12-7-5-11-17-14(12)13/h4-8,11H,2-3,9-10H2,1H3. The summed E-state index contributed by atoms with van der Waals surface area (Å²) in [6.45, 7) is 2.10.